The summed E-state index contributed by atoms with van der Waals surface area (Å²) in [4.78, 5) is 123. The molecule has 5 N–H and O–H groups in total. The maximum absolute atomic E-state index is 15.0. The Kier molecular flexibility index (Phi) is 83.7. The van der Waals surface area contributed by atoms with Gasteiger partial charge >= 0.3 is 37.7 Å². The van der Waals surface area contributed by atoms with Crippen LogP contribution < -0.4 is 10.6 Å². The third-order valence-electron chi connectivity index (χ3n) is 24.2. The Morgan fingerprint density at radius 1 is 0.366 bits per heavy atom. The van der Waals surface area contributed by atoms with Crippen molar-refractivity contribution in [3.63, 3.8) is 0 Å². The van der Waals surface area contributed by atoms with Crippen molar-refractivity contribution in [1.82, 2.24) is 15.5 Å². The highest BCUT2D eigenvalue weighted by Crippen LogP contribution is 2.43. The average molecular weight is 1770 g/mol. The van der Waals surface area contributed by atoms with Crippen LogP contribution in [0.15, 0.2) is 0 Å². The number of carbonyl (C=O) groups is 7. The molecule has 0 bridgehead atoms. The van der Waals surface area contributed by atoms with Gasteiger partial charge in [-0.15, -0.1) is 0 Å². The lowest BCUT2D eigenvalue weighted by molar-refractivity contribution is -0.272. The highest BCUT2D eigenvalue weighted by molar-refractivity contribution is 7.46. The molecule has 0 aliphatic carbocycles. The van der Waals surface area contributed by atoms with Gasteiger partial charge in [-0.2, -0.15) is 0 Å². The summed E-state index contributed by atoms with van der Waals surface area (Å²) in [6, 6.07) is -3.33. The second kappa shape index (κ2) is 86.3. The van der Waals surface area contributed by atoms with E-state index in [4.69, 9.17) is 37.7 Å². The van der Waals surface area contributed by atoms with E-state index in [0.717, 1.165) is 180 Å². The summed E-state index contributed by atoms with van der Waals surface area (Å²) >= 11 is 0. The summed E-state index contributed by atoms with van der Waals surface area (Å²) in [6.45, 7) is 21.6. The highest BCUT2D eigenvalue weighted by Gasteiger charge is 2.53. The van der Waals surface area contributed by atoms with Gasteiger partial charge in [-0.1, -0.05) is 409 Å². The van der Waals surface area contributed by atoms with Crippen LogP contribution in [0, 0.1) is 0 Å². The molecule has 0 aromatic heterocycles. The van der Waals surface area contributed by atoms with E-state index in [1.807, 2.05) is 0 Å². The van der Waals surface area contributed by atoms with Crippen LogP contribution in [0.25, 0.3) is 0 Å². The number of carbonyl (C=O) groups excluding carboxylic acids is 7. The van der Waals surface area contributed by atoms with Gasteiger partial charge in [0.2, 0.25) is 11.8 Å². The van der Waals surface area contributed by atoms with Crippen molar-refractivity contribution in [1.29, 1.82) is 0 Å². The van der Waals surface area contributed by atoms with Crippen LogP contribution in [-0.4, -0.2) is 156 Å². The lowest BCUT2D eigenvalue weighted by atomic mass is 9.95. The predicted octanol–water partition coefficient (Wildman–Crippen LogP) is 25.4. The van der Waals surface area contributed by atoms with E-state index in [1.54, 1.807) is 0 Å². The monoisotopic (exact) mass is 1770 g/mol. The van der Waals surface area contributed by atoms with E-state index >= 15 is 4.79 Å². The molecule has 0 unspecified atom stereocenters. The van der Waals surface area contributed by atoms with Crippen molar-refractivity contribution in [2.45, 2.75) is 560 Å². The third-order valence-corrected chi connectivity index (χ3v) is 24.7. The summed E-state index contributed by atoms with van der Waals surface area (Å²) in [5.74, 6) is -4.70. The molecule has 1 fully saturated rings. The SMILES string of the molecule is CCCCCCCCCCCCCC(=O)O[C@H](CCCCCCCCCCC)CC(=O)N[C@H]1[C@H](OC[C@H](NC(=O)C[C@@H](CCCCCCCCCCC)OC(=O)CCCCCCCCCCCCC)C(=O)OC)O[C@H](CO)[C@@H](OP(=O)(O)O)[C@@H]1OC(=O)C[C@@H](CCCCCCCCCCC)OC(=O)CCCCCCCCCCCCC.CCN(CC)CC. The fourth-order valence-corrected chi connectivity index (χ4v) is 17.0. The third kappa shape index (κ3) is 72.7. The molecule has 9 atom stereocenters. The predicted molar refractivity (Wildman–Crippen MR) is 500 cm³/mol. The number of methoxy groups -OCH3 is 1. The van der Waals surface area contributed by atoms with Gasteiger partial charge in [0.25, 0.3) is 0 Å². The van der Waals surface area contributed by atoms with E-state index in [2.05, 4.69) is 77.8 Å². The zero-order valence-corrected chi connectivity index (χ0v) is 81.7. The number of esters is 5. The minimum absolute atomic E-state index is 0.137. The molecule has 1 heterocycles. The number of nitrogens with one attached hydrogen (secondary N) is 2. The molecule has 1 rings (SSSR count). The second-order valence-electron chi connectivity index (χ2n) is 35.6. The van der Waals surface area contributed by atoms with Crippen molar-refractivity contribution < 1.29 is 90.7 Å². The van der Waals surface area contributed by atoms with Gasteiger partial charge in [0.15, 0.2) is 18.4 Å². The van der Waals surface area contributed by atoms with E-state index in [9.17, 15) is 48.2 Å². The van der Waals surface area contributed by atoms with E-state index in [-0.39, 0.29) is 25.7 Å². The Hall–Kier alpha value is -3.76. The van der Waals surface area contributed by atoms with Crippen LogP contribution in [0.1, 0.15) is 505 Å². The molecule has 0 radical (unpaired) electrons. The Labute approximate surface area is 752 Å². The van der Waals surface area contributed by atoms with Crippen LogP contribution in [0.3, 0.4) is 0 Å². The van der Waals surface area contributed by atoms with Gasteiger partial charge in [0, 0.05) is 19.3 Å². The fourth-order valence-electron chi connectivity index (χ4n) is 16.4. The summed E-state index contributed by atoms with van der Waals surface area (Å²) in [7, 11) is -4.44. The first-order chi connectivity index (χ1) is 59.7. The molecule has 726 valence electrons. The topological polar surface area (TPSA) is 298 Å². The standard InChI is InChI=1S/C94H177N2O19P.C6H15N/c1-8-14-20-26-32-38-41-47-53-59-65-71-86(100)110-79(68-62-56-50-44-35-29-23-17-11-4)74-84(98)95-82(93(104)108-7)78-109-94-90(96-85(99)75-80(69-63-57-51-45-36-30-24-18-12-5)111-87(101)72-66-60-54-48-42-39-33-27-21-15-9-2)92(91(83(77-97)113-94)115-116(105,106)107)114-89(103)76-81(70-64-58-52-46-37-31-25-19-13-6)112-88(102)73-67-61-55-49-43-40-34-28-22-16-10-3;1-4-7(5-2)6-3/h79-83,90-92,94,97H,8-78H2,1-7H3,(H,95,98)(H,96,99)(H2,105,106,107);4-6H2,1-3H3/t79-,80-,81-,82+,83-,90-,91-,92-,94-;/m1./s1. The quantitative estimate of drug-likeness (QED) is 0.0164. The van der Waals surface area contributed by atoms with Crippen molar-refractivity contribution in [3.05, 3.63) is 0 Å². The van der Waals surface area contributed by atoms with Crippen molar-refractivity contribution in [2.75, 3.05) is 40.0 Å². The second-order valence-corrected chi connectivity index (χ2v) is 36.8. The number of phosphoric acid groups is 1. The number of hydrogen-bond acceptors (Lipinski definition) is 18. The van der Waals surface area contributed by atoms with Crippen LogP contribution in [0.4, 0.5) is 0 Å². The number of hydrogen-bond donors (Lipinski definition) is 5. The van der Waals surface area contributed by atoms with Gasteiger partial charge in [-0.3, -0.25) is 33.3 Å². The minimum atomic E-state index is -5.57. The molecule has 0 spiro atoms. The van der Waals surface area contributed by atoms with Crippen LogP contribution in [-0.2, 0) is 75.8 Å². The lowest BCUT2D eigenvalue weighted by Gasteiger charge is -2.45. The zero-order valence-electron chi connectivity index (χ0n) is 80.8. The lowest BCUT2D eigenvalue weighted by Crippen LogP contribution is -2.66. The van der Waals surface area contributed by atoms with Crippen molar-refractivity contribution in [2.24, 2.45) is 0 Å². The Balaban J connectivity index is 0.0000203. The molecular formula is C100H192N3O19P. The number of unbranched alkanes of at least 4 members (excludes halogenated alkanes) is 54. The van der Waals surface area contributed by atoms with E-state index in [0.29, 0.717) is 57.8 Å². The smallest absolute Gasteiger partial charge is 0.467 e. The normalized spacial score (nSPS) is 16.3. The zero-order chi connectivity index (χ0) is 90.7. The summed E-state index contributed by atoms with van der Waals surface area (Å²) in [5, 5.41) is 16.7. The maximum atomic E-state index is 15.0. The number of rotatable bonds is 88. The molecule has 22 nitrogen and oxygen atoms in total. The molecule has 0 aromatic carbocycles. The van der Waals surface area contributed by atoms with Gasteiger partial charge < -0.3 is 63.6 Å². The van der Waals surface area contributed by atoms with Gasteiger partial charge in [-0.25, -0.2) is 9.36 Å². The molecule has 1 saturated heterocycles. The minimum Gasteiger partial charge on any atom is -0.467 e. The Morgan fingerprint density at radius 2 is 0.642 bits per heavy atom. The molecule has 2 amide bonds. The largest absolute Gasteiger partial charge is 0.470 e. The number of aliphatic hydroxyl groups is 1. The molecule has 1 aliphatic heterocycles. The molecule has 23 heteroatoms. The number of amides is 2. The van der Waals surface area contributed by atoms with Gasteiger partial charge in [-0.05, 0) is 77.4 Å². The van der Waals surface area contributed by atoms with Gasteiger partial charge in [0.05, 0.1) is 39.6 Å². The van der Waals surface area contributed by atoms with Gasteiger partial charge in [0.1, 0.15) is 36.6 Å². The number of aliphatic hydroxyl groups excluding tert-OH is 1. The first kappa shape index (κ1) is 119. The van der Waals surface area contributed by atoms with E-state index < -0.39 is 131 Å². The molecule has 0 aromatic rings. The Morgan fingerprint density at radius 3 is 0.911 bits per heavy atom. The molecular weight excluding hydrogens is 1580 g/mol. The summed E-state index contributed by atoms with van der Waals surface area (Å²) in [6.07, 6.45) is 54.7. The highest BCUT2D eigenvalue weighted by atomic mass is 31.2. The van der Waals surface area contributed by atoms with E-state index in [1.165, 1.54) is 193 Å². The molecule has 1 aliphatic rings. The number of ether oxygens (including phenoxy) is 7. The summed E-state index contributed by atoms with van der Waals surface area (Å²) < 4.78 is 61.1. The average Bonchev–Trinajstić information content (AvgIpc) is 0.778. The van der Waals surface area contributed by atoms with Crippen molar-refractivity contribution >= 4 is 49.5 Å². The van der Waals surface area contributed by atoms with Crippen LogP contribution in [0.2, 0.25) is 0 Å². The van der Waals surface area contributed by atoms with Crippen LogP contribution >= 0.6 is 7.82 Å². The first-order valence-corrected chi connectivity index (χ1v) is 53.0. The number of phosphoric ester groups is 1. The molecule has 0 saturated carbocycles. The first-order valence-electron chi connectivity index (χ1n) is 51.5. The summed E-state index contributed by atoms with van der Waals surface area (Å²) in [5.41, 5.74) is 0. The Bertz CT molecular complexity index is 2500. The van der Waals surface area contributed by atoms with Crippen LogP contribution in [0.5, 0.6) is 0 Å². The maximum Gasteiger partial charge on any atom is 0.470 e. The van der Waals surface area contributed by atoms with Crippen molar-refractivity contribution in [3.8, 4) is 0 Å². The number of nitrogens with zero attached hydrogens (tertiary/aromatic N) is 1. The molecule has 123 heavy (non-hydrogen) atoms. The fraction of sp³-hybridized carbons (Fsp3) is 0.930.